The van der Waals surface area contributed by atoms with Gasteiger partial charge in [-0.05, 0) is 26.3 Å². The molecule has 0 aromatic heterocycles. The first-order chi connectivity index (χ1) is 9.83. The van der Waals surface area contributed by atoms with Gasteiger partial charge in [0.25, 0.3) is 0 Å². The monoisotopic (exact) mass is 285 g/mol. The van der Waals surface area contributed by atoms with Crippen LogP contribution in [0.4, 0.5) is 0 Å². The summed E-state index contributed by atoms with van der Waals surface area (Å²) in [6, 6.07) is 0.501. The average molecular weight is 285 g/mol. The molecular weight excluding hydrogens is 250 g/mol. The van der Waals surface area contributed by atoms with Crippen molar-refractivity contribution in [1.29, 1.82) is 0 Å². The fraction of sp³-hybridized carbons (Fsp3) is 1.00. The molecule has 1 aliphatic rings. The van der Waals surface area contributed by atoms with Crippen LogP contribution in [-0.4, -0.2) is 38.5 Å². The summed E-state index contributed by atoms with van der Waals surface area (Å²) in [5, 5.41) is 3.61. The lowest BCUT2D eigenvalue weighted by Crippen LogP contribution is -2.59. The molecule has 0 aromatic carbocycles. The van der Waals surface area contributed by atoms with Gasteiger partial charge < -0.3 is 14.8 Å². The first-order valence-electron chi connectivity index (χ1n) is 8.71. The predicted octanol–water partition coefficient (Wildman–Crippen LogP) is 3.91. The molecule has 3 unspecified atom stereocenters. The number of rotatable bonds is 13. The van der Waals surface area contributed by atoms with E-state index >= 15 is 0 Å². The van der Waals surface area contributed by atoms with Crippen LogP contribution in [-0.2, 0) is 9.47 Å². The van der Waals surface area contributed by atoms with Crippen molar-refractivity contribution in [1.82, 2.24) is 5.32 Å². The van der Waals surface area contributed by atoms with Crippen molar-refractivity contribution in [3.8, 4) is 0 Å². The number of hydrogen-bond acceptors (Lipinski definition) is 3. The second-order valence-corrected chi connectivity index (χ2v) is 5.97. The second-order valence-electron chi connectivity index (χ2n) is 5.97. The van der Waals surface area contributed by atoms with Crippen molar-refractivity contribution >= 4 is 0 Å². The van der Waals surface area contributed by atoms with Gasteiger partial charge in [-0.15, -0.1) is 0 Å². The average Bonchev–Trinajstić information content (AvgIpc) is 2.43. The minimum atomic E-state index is 0.254. The number of methoxy groups -OCH3 is 1. The van der Waals surface area contributed by atoms with Gasteiger partial charge in [-0.1, -0.05) is 51.9 Å². The Morgan fingerprint density at radius 3 is 2.20 bits per heavy atom. The van der Waals surface area contributed by atoms with Crippen molar-refractivity contribution < 1.29 is 9.47 Å². The van der Waals surface area contributed by atoms with E-state index < -0.39 is 0 Å². The molecule has 20 heavy (non-hydrogen) atoms. The largest absolute Gasteiger partial charge is 0.377 e. The molecule has 0 amide bonds. The Bertz CT molecular complexity index is 223. The Balaban J connectivity index is 1.89. The SMILES string of the molecule is CCCCCCCCCCNC1CC(OCC)C1OC. The molecule has 120 valence electrons. The summed E-state index contributed by atoms with van der Waals surface area (Å²) in [6.07, 6.45) is 12.7. The lowest BCUT2D eigenvalue weighted by molar-refractivity contribution is -0.131. The van der Waals surface area contributed by atoms with Gasteiger partial charge in [-0.3, -0.25) is 0 Å². The van der Waals surface area contributed by atoms with Crippen molar-refractivity contribution in [3.63, 3.8) is 0 Å². The van der Waals surface area contributed by atoms with Crippen LogP contribution in [0.25, 0.3) is 0 Å². The van der Waals surface area contributed by atoms with E-state index in [1.54, 1.807) is 7.11 Å². The van der Waals surface area contributed by atoms with Crippen LogP contribution in [0.15, 0.2) is 0 Å². The Hall–Kier alpha value is -0.120. The molecule has 0 radical (unpaired) electrons. The van der Waals surface area contributed by atoms with Gasteiger partial charge in [0.05, 0.1) is 12.2 Å². The Morgan fingerprint density at radius 1 is 0.950 bits per heavy atom. The van der Waals surface area contributed by atoms with Crippen LogP contribution in [0.1, 0.15) is 71.6 Å². The third-order valence-electron chi connectivity index (χ3n) is 4.34. The maximum atomic E-state index is 5.64. The van der Waals surface area contributed by atoms with E-state index in [4.69, 9.17) is 9.47 Å². The molecule has 1 rings (SSSR count). The normalized spacial score (nSPS) is 25.6. The zero-order valence-corrected chi connectivity index (χ0v) is 13.8. The lowest BCUT2D eigenvalue weighted by atomic mass is 9.85. The number of nitrogens with one attached hydrogen (secondary N) is 1. The Morgan fingerprint density at radius 2 is 1.60 bits per heavy atom. The Kier molecular flexibility index (Phi) is 10.3. The molecular formula is C17H35NO2. The van der Waals surface area contributed by atoms with Gasteiger partial charge in [-0.2, -0.15) is 0 Å². The number of hydrogen-bond donors (Lipinski definition) is 1. The van der Waals surface area contributed by atoms with E-state index in [2.05, 4.69) is 12.2 Å². The summed E-state index contributed by atoms with van der Waals surface area (Å²) in [5.41, 5.74) is 0. The summed E-state index contributed by atoms with van der Waals surface area (Å²) >= 11 is 0. The molecule has 1 aliphatic carbocycles. The van der Waals surface area contributed by atoms with E-state index in [-0.39, 0.29) is 6.10 Å². The highest BCUT2D eigenvalue weighted by molar-refractivity contribution is 4.96. The highest BCUT2D eigenvalue weighted by Crippen LogP contribution is 2.26. The molecule has 1 fully saturated rings. The van der Waals surface area contributed by atoms with Crippen LogP contribution in [0.2, 0.25) is 0 Å². The summed E-state index contributed by atoms with van der Waals surface area (Å²) < 4.78 is 11.1. The summed E-state index contributed by atoms with van der Waals surface area (Å²) in [6.45, 7) is 6.23. The van der Waals surface area contributed by atoms with Crippen LogP contribution in [0.3, 0.4) is 0 Å². The maximum absolute atomic E-state index is 5.64. The Labute approximate surface area is 125 Å². The quantitative estimate of drug-likeness (QED) is 0.520. The molecule has 0 heterocycles. The minimum Gasteiger partial charge on any atom is -0.377 e. The molecule has 0 saturated heterocycles. The van der Waals surface area contributed by atoms with E-state index in [1.807, 2.05) is 6.92 Å². The van der Waals surface area contributed by atoms with Crippen LogP contribution >= 0.6 is 0 Å². The van der Waals surface area contributed by atoms with Gasteiger partial charge >= 0.3 is 0 Å². The minimum absolute atomic E-state index is 0.254. The van der Waals surface area contributed by atoms with Crippen LogP contribution < -0.4 is 5.32 Å². The summed E-state index contributed by atoms with van der Waals surface area (Å²) in [7, 11) is 1.79. The first kappa shape index (κ1) is 17.9. The van der Waals surface area contributed by atoms with Crippen molar-refractivity contribution in [2.45, 2.75) is 89.9 Å². The van der Waals surface area contributed by atoms with Gasteiger partial charge in [0, 0.05) is 19.8 Å². The zero-order valence-electron chi connectivity index (χ0n) is 13.8. The predicted molar refractivity (Wildman–Crippen MR) is 85.2 cm³/mol. The van der Waals surface area contributed by atoms with Crippen LogP contribution in [0, 0.1) is 0 Å². The van der Waals surface area contributed by atoms with Crippen molar-refractivity contribution in [3.05, 3.63) is 0 Å². The van der Waals surface area contributed by atoms with E-state index in [0.29, 0.717) is 12.1 Å². The molecule has 1 N–H and O–H groups in total. The first-order valence-corrected chi connectivity index (χ1v) is 8.71. The lowest BCUT2D eigenvalue weighted by Gasteiger charge is -2.43. The fourth-order valence-corrected chi connectivity index (χ4v) is 3.02. The third kappa shape index (κ3) is 6.55. The molecule has 3 nitrogen and oxygen atoms in total. The highest BCUT2D eigenvalue weighted by atomic mass is 16.5. The van der Waals surface area contributed by atoms with Gasteiger partial charge in [0.15, 0.2) is 0 Å². The fourth-order valence-electron chi connectivity index (χ4n) is 3.02. The van der Waals surface area contributed by atoms with Crippen LogP contribution in [0.5, 0.6) is 0 Å². The molecule has 0 spiro atoms. The summed E-state index contributed by atoms with van der Waals surface area (Å²) in [4.78, 5) is 0. The van der Waals surface area contributed by atoms with Crippen molar-refractivity contribution in [2.75, 3.05) is 20.3 Å². The molecule has 3 atom stereocenters. The van der Waals surface area contributed by atoms with E-state index in [0.717, 1.165) is 19.6 Å². The third-order valence-corrected chi connectivity index (χ3v) is 4.34. The standard InChI is InChI=1S/C17H35NO2/c1-4-6-7-8-9-10-11-12-13-18-15-14-16(20-5-2)17(15)19-3/h15-18H,4-14H2,1-3H3. The maximum Gasteiger partial charge on any atom is 0.0986 e. The van der Waals surface area contributed by atoms with Gasteiger partial charge in [-0.25, -0.2) is 0 Å². The van der Waals surface area contributed by atoms with E-state index in [9.17, 15) is 0 Å². The molecule has 0 aromatic rings. The van der Waals surface area contributed by atoms with Gasteiger partial charge in [0.1, 0.15) is 0 Å². The molecule has 3 heteroatoms. The highest BCUT2D eigenvalue weighted by Gasteiger charge is 2.41. The molecule has 1 saturated carbocycles. The number of ether oxygens (including phenoxy) is 2. The zero-order chi connectivity index (χ0) is 14.6. The smallest absolute Gasteiger partial charge is 0.0986 e. The topological polar surface area (TPSA) is 30.5 Å². The second kappa shape index (κ2) is 11.5. The summed E-state index contributed by atoms with van der Waals surface area (Å²) in [5.74, 6) is 0. The van der Waals surface area contributed by atoms with Gasteiger partial charge in [0.2, 0.25) is 0 Å². The number of unbranched alkanes of at least 4 members (excludes halogenated alkanes) is 7. The molecule has 0 aliphatic heterocycles. The van der Waals surface area contributed by atoms with Crippen molar-refractivity contribution in [2.24, 2.45) is 0 Å². The molecule has 0 bridgehead atoms. The van der Waals surface area contributed by atoms with E-state index in [1.165, 1.54) is 51.4 Å².